The Bertz CT molecular complexity index is 800. The zero-order valence-corrected chi connectivity index (χ0v) is 23.8. The lowest BCUT2D eigenvalue weighted by Crippen LogP contribution is -2.67. The second kappa shape index (κ2) is 11.5. The molecule has 0 saturated carbocycles. The summed E-state index contributed by atoms with van der Waals surface area (Å²) in [4.78, 5) is 0. The summed E-state index contributed by atoms with van der Waals surface area (Å²) in [5.74, 6) is 3.87. The molecule has 0 spiro atoms. The van der Waals surface area contributed by atoms with E-state index >= 15 is 0 Å². The zero-order chi connectivity index (χ0) is 23.0. The molecule has 1 atom stereocenters. The van der Waals surface area contributed by atoms with E-state index in [4.69, 9.17) is 4.12 Å². The highest BCUT2D eigenvalue weighted by Gasteiger charge is 2.48. The lowest BCUT2D eigenvalue weighted by atomic mass is 10.1. The van der Waals surface area contributed by atoms with Gasteiger partial charge in [-0.1, -0.05) is 113 Å². The molecule has 2 aromatic rings. The first kappa shape index (κ1) is 25.9. The smallest absolute Gasteiger partial charge is 0.260 e. The van der Waals surface area contributed by atoms with Gasteiger partial charge in [0, 0.05) is 5.54 Å². The van der Waals surface area contributed by atoms with Crippen LogP contribution in [0.1, 0.15) is 39.0 Å². The Morgan fingerprint density at radius 3 is 1.68 bits per heavy atom. The van der Waals surface area contributed by atoms with Crippen molar-refractivity contribution in [2.24, 2.45) is 0 Å². The van der Waals surface area contributed by atoms with E-state index < -0.39 is 24.7 Å². The van der Waals surface area contributed by atoms with Gasteiger partial charge in [-0.2, -0.15) is 0 Å². The Balaban J connectivity index is 2.73. The van der Waals surface area contributed by atoms with E-state index in [0.717, 1.165) is 6.42 Å². The summed E-state index contributed by atoms with van der Waals surface area (Å²) in [6.45, 7) is 16.3. The molecule has 0 aliphatic carbocycles. The van der Waals surface area contributed by atoms with Crippen LogP contribution in [0.5, 0.6) is 0 Å². The van der Waals surface area contributed by atoms with Crippen LogP contribution >= 0.6 is 0 Å². The molecule has 31 heavy (non-hydrogen) atoms. The Hall–Kier alpha value is -1.39. The normalized spacial score (nSPS) is 13.4. The van der Waals surface area contributed by atoms with Gasteiger partial charge in [-0.15, -0.1) is 11.5 Å². The molecule has 2 rings (SSSR count). The fourth-order valence-electron chi connectivity index (χ4n) is 4.07. The van der Waals surface area contributed by atoms with E-state index in [0.29, 0.717) is 0 Å². The first-order valence-corrected chi connectivity index (χ1v) is 20.8. The van der Waals surface area contributed by atoms with Gasteiger partial charge in [0.25, 0.3) is 8.32 Å². The Kier molecular flexibility index (Phi) is 9.57. The summed E-state index contributed by atoms with van der Waals surface area (Å²) >= 11 is 0. The van der Waals surface area contributed by atoms with Crippen molar-refractivity contribution in [1.29, 1.82) is 0 Å². The summed E-state index contributed by atoms with van der Waals surface area (Å²) in [7, 11) is -5.90. The van der Waals surface area contributed by atoms with Crippen molar-refractivity contribution in [3.63, 3.8) is 0 Å². The van der Waals surface area contributed by atoms with Crippen molar-refractivity contribution in [2.75, 3.05) is 0 Å². The summed E-state index contributed by atoms with van der Waals surface area (Å²) in [5, 5.41) is 2.74. The SMILES string of the molecule is CCCCCC[C@@H](C#C[Si](C)(C)C)[Si](O[Si](C)(C)C)(c1ccccc1)c1ccccc1. The van der Waals surface area contributed by atoms with Crippen molar-refractivity contribution in [1.82, 2.24) is 0 Å². The van der Waals surface area contributed by atoms with Gasteiger partial charge in [-0.3, -0.25) is 0 Å². The van der Waals surface area contributed by atoms with Gasteiger partial charge in [0.15, 0.2) is 8.32 Å². The van der Waals surface area contributed by atoms with Gasteiger partial charge in [0.2, 0.25) is 0 Å². The minimum absolute atomic E-state index is 0.271. The maximum Gasteiger partial charge on any atom is 0.260 e. The molecule has 0 N–H and O–H groups in total. The molecule has 0 radical (unpaired) electrons. The minimum atomic E-state index is -2.56. The average molecular weight is 467 g/mol. The summed E-state index contributed by atoms with van der Waals surface area (Å²) < 4.78 is 7.37. The maximum absolute atomic E-state index is 7.37. The Morgan fingerprint density at radius 2 is 1.26 bits per heavy atom. The Morgan fingerprint density at radius 1 is 0.742 bits per heavy atom. The number of benzene rings is 2. The van der Waals surface area contributed by atoms with Crippen LogP contribution in [0.2, 0.25) is 44.8 Å². The van der Waals surface area contributed by atoms with Gasteiger partial charge in [0.05, 0.1) is 0 Å². The van der Waals surface area contributed by atoms with Crippen LogP contribution in [0.4, 0.5) is 0 Å². The average Bonchev–Trinajstić information content (AvgIpc) is 2.71. The first-order valence-electron chi connectivity index (χ1n) is 11.9. The van der Waals surface area contributed by atoms with Crippen molar-refractivity contribution in [2.45, 2.75) is 83.9 Å². The number of hydrogen-bond donors (Lipinski definition) is 0. The molecular weight excluding hydrogens is 425 g/mol. The molecule has 168 valence electrons. The standard InChI is InChI=1S/C27H42OSi3/c1-8-9-10-13-22-27(23-24-29(2,3)4)31(28-30(5,6)7,25-18-14-11-15-19-25)26-20-16-12-17-21-26/h11-12,14-21,27H,8-10,13,22H2,1-7H3/t27-/m0/s1. The largest absolute Gasteiger partial charge is 0.448 e. The molecule has 1 nitrogen and oxygen atoms in total. The quantitative estimate of drug-likeness (QED) is 0.212. The van der Waals surface area contributed by atoms with Crippen LogP contribution in [0.25, 0.3) is 0 Å². The monoisotopic (exact) mass is 466 g/mol. The number of hydrogen-bond acceptors (Lipinski definition) is 1. The number of unbranched alkanes of at least 4 members (excludes halogenated alkanes) is 3. The predicted octanol–water partition coefficient (Wildman–Crippen LogP) is 6.82. The van der Waals surface area contributed by atoms with Crippen LogP contribution in [-0.4, -0.2) is 24.7 Å². The van der Waals surface area contributed by atoms with E-state index in [2.05, 4.69) is 118 Å². The van der Waals surface area contributed by atoms with Gasteiger partial charge in [-0.05, 0) is 36.4 Å². The third-order valence-corrected chi connectivity index (χ3v) is 13.8. The van der Waals surface area contributed by atoms with Gasteiger partial charge >= 0.3 is 0 Å². The molecule has 0 aliphatic heterocycles. The van der Waals surface area contributed by atoms with E-state index in [1.807, 2.05) is 0 Å². The van der Waals surface area contributed by atoms with Crippen LogP contribution in [0.3, 0.4) is 0 Å². The molecule has 4 heteroatoms. The van der Waals surface area contributed by atoms with E-state index in [1.54, 1.807) is 0 Å². The lowest BCUT2D eigenvalue weighted by molar-refractivity contribution is 0.536. The van der Waals surface area contributed by atoms with Crippen LogP contribution in [0, 0.1) is 11.5 Å². The van der Waals surface area contributed by atoms with Gasteiger partial charge in [0.1, 0.15) is 8.07 Å². The molecule has 0 fully saturated rings. The van der Waals surface area contributed by atoms with E-state index in [9.17, 15) is 0 Å². The summed E-state index contributed by atoms with van der Waals surface area (Å²) in [6.07, 6.45) is 6.19. The Labute approximate surface area is 194 Å². The summed E-state index contributed by atoms with van der Waals surface area (Å²) in [6, 6.07) is 22.1. The molecule has 0 saturated heterocycles. The molecule has 0 unspecified atom stereocenters. The third-order valence-electron chi connectivity index (χ3n) is 5.33. The third kappa shape index (κ3) is 7.91. The fraction of sp³-hybridized carbons (Fsp3) is 0.481. The molecular formula is C27H42OSi3. The van der Waals surface area contributed by atoms with Crippen molar-refractivity contribution in [3.8, 4) is 11.5 Å². The first-order chi connectivity index (χ1) is 14.6. The highest BCUT2D eigenvalue weighted by Crippen LogP contribution is 2.32. The van der Waals surface area contributed by atoms with Crippen LogP contribution in [0.15, 0.2) is 60.7 Å². The molecule has 0 amide bonds. The zero-order valence-electron chi connectivity index (χ0n) is 20.8. The van der Waals surface area contributed by atoms with E-state index in [1.165, 1.54) is 36.1 Å². The van der Waals surface area contributed by atoms with E-state index in [-0.39, 0.29) is 5.54 Å². The fourth-order valence-corrected chi connectivity index (χ4v) is 13.6. The highest BCUT2D eigenvalue weighted by molar-refractivity contribution is 7.03. The van der Waals surface area contributed by atoms with Gasteiger partial charge < -0.3 is 4.12 Å². The lowest BCUT2D eigenvalue weighted by Gasteiger charge is -2.42. The predicted molar refractivity (Wildman–Crippen MR) is 146 cm³/mol. The topological polar surface area (TPSA) is 9.23 Å². The van der Waals surface area contributed by atoms with Crippen LogP contribution in [-0.2, 0) is 4.12 Å². The maximum atomic E-state index is 7.37. The number of rotatable bonds is 10. The molecule has 0 aromatic heterocycles. The second-order valence-electron chi connectivity index (χ2n) is 10.6. The van der Waals surface area contributed by atoms with Gasteiger partial charge in [-0.25, -0.2) is 0 Å². The van der Waals surface area contributed by atoms with Crippen LogP contribution < -0.4 is 10.4 Å². The molecule has 0 aliphatic rings. The molecule has 0 heterocycles. The molecule has 0 bridgehead atoms. The highest BCUT2D eigenvalue weighted by atomic mass is 28.4. The van der Waals surface area contributed by atoms with Crippen molar-refractivity contribution >= 4 is 35.1 Å². The van der Waals surface area contributed by atoms with Crippen molar-refractivity contribution in [3.05, 3.63) is 60.7 Å². The molecule has 2 aromatic carbocycles. The second-order valence-corrected chi connectivity index (χ2v) is 23.7. The summed E-state index contributed by atoms with van der Waals surface area (Å²) in [5.41, 5.74) is 4.02. The minimum Gasteiger partial charge on any atom is -0.448 e. The van der Waals surface area contributed by atoms with Crippen molar-refractivity contribution < 1.29 is 4.12 Å².